The van der Waals surface area contributed by atoms with E-state index in [2.05, 4.69) is 16.0 Å². The highest BCUT2D eigenvalue weighted by molar-refractivity contribution is 5.97. The van der Waals surface area contributed by atoms with Gasteiger partial charge in [-0.1, -0.05) is 42.5 Å². The molecule has 0 heterocycles. The van der Waals surface area contributed by atoms with Gasteiger partial charge in [0.05, 0.1) is 18.7 Å². The summed E-state index contributed by atoms with van der Waals surface area (Å²) in [5.41, 5.74) is 1.15. The van der Waals surface area contributed by atoms with E-state index in [9.17, 15) is 18.8 Å². The topological polar surface area (TPSA) is 87.3 Å². The first kappa shape index (κ1) is 20.0. The molecule has 0 atom stereocenters. The number of carbonyl (C=O) groups is 3. The van der Waals surface area contributed by atoms with E-state index >= 15 is 0 Å². The Morgan fingerprint density at radius 1 is 0.897 bits per heavy atom. The summed E-state index contributed by atoms with van der Waals surface area (Å²) >= 11 is 0. The Labute approximate surface area is 167 Å². The molecule has 0 radical (unpaired) electrons. The van der Waals surface area contributed by atoms with Crippen LogP contribution in [0.1, 0.15) is 12.5 Å². The summed E-state index contributed by atoms with van der Waals surface area (Å²) in [6.07, 6.45) is 0.151. The fourth-order valence-electron chi connectivity index (χ4n) is 2.95. The molecule has 0 unspecified atom stereocenters. The quantitative estimate of drug-likeness (QED) is 0.601. The minimum Gasteiger partial charge on any atom is -0.347 e. The van der Waals surface area contributed by atoms with Gasteiger partial charge in [-0.3, -0.25) is 14.4 Å². The van der Waals surface area contributed by atoms with E-state index in [1.165, 1.54) is 19.1 Å². The molecule has 0 aromatic heterocycles. The number of benzene rings is 3. The lowest BCUT2D eigenvalue weighted by Gasteiger charge is -2.10. The summed E-state index contributed by atoms with van der Waals surface area (Å²) in [6, 6.07) is 17.3. The molecule has 148 valence electrons. The highest BCUT2D eigenvalue weighted by Gasteiger charge is 2.11. The Kier molecular flexibility index (Phi) is 6.19. The number of fused-ring (bicyclic) bond motifs is 1. The minimum absolute atomic E-state index is 0.0321. The summed E-state index contributed by atoms with van der Waals surface area (Å²) in [5.74, 6) is -1.78. The lowest BCUT2D eigenvalue weighted by molar-refractivity contribution is -0.123. The van der Waals surface area contributed by atoms with Crippen LogP contribution >= 0.6 is 0 Å². The minimum atomic E-state index is -0.610. The first-order chi connectivity index (χ1) is 13.9. The van der Waals surface area contributed by atoms with E-state index < -0.39 is 17.6 Å². The van der Waals surface area contributed by atoms with Gasteiger partial charge in [0.2, 0.25) is 17.7 Å². The molecule has 3 N–H and O–H groups in total. The fourth-order valence-corrected chi connectivity index (χ4v) is 2.95. The maximum Gasteiger partial charge on any atom is 0.243 e. The lowest BCUT2D eigenvalue weighted by Crippen LogP contribution is -2.33. The summed E-state index contributed by atoms with van der Waals surface area (Å²) in [4.78, 5) is 35.4. The van der Waals surface area contributed by atoms with Gasteiger partial charge in [-0.05, 0) is 34.5 Å². The number of carbonyl (C=O) groups excluding carboxylic acids is 3. The third-order valence-electron chi connectivity index (χ3n) is 4.24. The number of rotatable bonds is 6. The van der Waals surface area contributed by atoms with Gasteiger partial charge < -0.3 is 16.0 Å². The molecule has 0 saturated heterocycles. The molecule has 3 aromatic rings. The Bertz CT molecular complexity index is 1080. The van der Waals surface area contributed by atoms with Crippen molar-refractivity contribution in [2.75, 3.05) is 17.2 Å². The van der Waals surface area contributed by atoms with Crippen molar-refractivity contribution in [2.45, 2.75) is 13.3 Å². The number of nitrogens with one attached hydrogen (secondary N) is 3. The van der Waals surface area contributed by atoms with Crippen molar-refractivity contribution in [1.82, 2.24) is 5.32 Å². The molecule has 3 aromatic carbocycles. The second-order valence-electron chi connectivity index (χ2n) is 6.52. The highest BCUT2D eigenvalue weighted by atomic mass is 19.1. The van der Waals surface area contributed by atoms with Crippen molar-refractivity contribution in [3.05, 3.63) is 72.0 Å². The molecular formula is C22H20FN3O3. The zero-order chi connectivity index (χ0) is 20.8. The molecule has 29 heavy (non-hydrogen) atoms. The van der Waals surface area contributed by atoms with E-state index in [4.69, 9.17) is 0 Å². The third-order valence-corrected chi connectivity index (χ3v) is 4.24. The van der Waals surface area contributed by atoms with E-state index in [0.29, 0.717) is 5.69 Å². The summed E-state index contributed by atoms with van der Waals surface area (Å²) in [6.45, 7) is 1.03. The van der Waals surface area contributed by atoms with E-state index in [1.807, 2.05) is 42.5 Å². The van der Waals surface area contributed by atoms with Gasteiger partial charge in [0, 0.05) is 12.6 Å². The molecule has 3 amide bonds. The van der Waals surface area contributed by atoms with Crippen LogP contribution in [0.4, 0.5) is 15.8 Å². The molecule has 0 spiro atoms. The predicted molar refractivity (Wildman–Crippen MR) is 110 cm³/mol. The second-order valence-corrected chi connectivity index (χ2v) is 6.52. The smallest absolute Gasteiger partial charge is 0.243 e. The zero-order valence-corrected chi connectivity index (χ0v) is 15.8. The number of halogens is 1. The van der Waals surface area contributed by atoms with Crippen LogP contribution in [0.2, 0.25) is 0 Å². The SMILES string of the molecule is CC(=O)Nc1cc(NC(=O)CNC(=O)Cc2cccc3ccccc23)ccc1F. The largest absolute Gasteiger partial charge is 0.347 e. The van der Waals surface area contributed by atoms with Crippen LogP contribution in [-0.2, 0) is 20.8 Å². The first-order valence-corrected chi connectivity index (χ1v) is 9.02. The maximum atomic E-state index is 13.7. The van der Waals surface area contributed by atoms with Crippen molar-refractivity contribution < 1.29 is 18.8 Å². The summed E-state index contributed by atoms with van der Waals surface area (Å²) in [5, 5.41) is 9.52. The van der Waals surface area contributed by atoms with Crippen LogP contribution in [0, 0.1) is 5.82 Å². The number of amides is 3. The molecule has 3 rings (SSSR count). The van der Waals surface area contributed by atoms with E-state index in [1.54, 1.807) is 0 Å². The third kappa shape index (κ3) is 5.38. The van der Waals surface area contributed by atoms with Crippen LogP contribution < -0.4 is 16.0 Å². The van der Waals surface area contributed by atoms with E-state index in [0.717, 1.165) is 22.4 Å². The van der Waals surface area contributed by atoms with Crippen LogP contribution in [0.25, 0.3) is 10.8 Å². The average molecular weight is 393 g/mol. The first-order valence-electron chi connectivity index (χ1n) is 9.02. The van der Waals surface area contributed by atoms with Gasteiger partial charge in [-0.15, -0.1) is 0 Å². The molecule has 0 aliphatic heterocycles. The van der Waals surface area contributed by atoms with Gasteiger partial charge in [-0.25, -0.2) is 4.39 Å². The van der Waals surface area contributed by atoms with E-state index in [-0.39, 0.29) is 24.6 Å². The van der Waals surface area contributed by atoms with Gasteiger partial charge >= 0.3 is 0 Å². The normalized spacial score (nSPS) is 10.4. The Morgan fingerprint density at radius 3 is 2.45 bits per heavy atom. The number of hydrogen-bond acceptors (Lipinski definition) is 3. The highest BCUT2D eigenvalue weighted by Crippen LogP contribution is 2.20. The standard InChI is InChI=1S/C22H20FN3O3/c1-14(27)25-20-12-17(9-10-19(20)23)26-22(29)13-24-21(28)11-16-7-4-6-15-5-2-3-8-18(15)16/h2-10,12H,11,13H2,1H3,(H,24,28)(H,25,27)(H,26,29). The fraction of sp³-hybridized carbons (Fsp3) is 0.136. The van der Waals surface area contributed by atoms with Crippen LogP contribution in [0.15, 0.2) is 60.7 Å². The number of anilines is 2. The van der Waals surface area contributed by atoms with Crippen molar-refractivity contribution in [3.8, 4) is 0 Å². The van der Waals surface area contributed by atoms with Crippen molar-refractivity contribution in [3.63, 3.8) is 0 Å². The summed E-state index contributed by atoms with van der Waals surface area (Å²) in [7, 11) is 0. The predicted octanol–water partition coefficient (Wildman–Crippen LogP) is 3.23. The summed E-state index contributed by atoms with van der Waals surface area (Å²) < 4.78 is 13.7. The second kappa shape index (κ2) is 8.97. The van der Waals surface area contributed by atoms with Gasteiger partial charge in [0.15, 0.2) is 0 Å². The molecule has 0 fully saturated rings. The molecule has 0 aliphatic carbocycles. The van der Waals surface area contributed by atoms with Crippen LogP contribution in [-0.4, -0.2) is 24.3 Å². The number of hydrogen-bond donors (Lipinski definition) is 3. The Morgan fingerprint density at radius 2 is 1.66 bits per heavy atom. The van der Waals surface area contributed by atoms with Gasteiger partial charge in [0.25, 0.3) is 0 Å². The van der Waals surface area contributed by atoms with Crippen molar-refractivity contribution >= 4 is 39.9 Å². The van der Waals surface area contributed by atoms with Crippen molar-refractivity contribution in [2.24, 2.45) is 0 Å². The average Bonchev–Trinajstić information content (AvgIpc) is 2.69. The van der Waals surface area contributed by atoms with Crippen LogP contribution in [0.3, 0.4) is 0 Å². The van der Waals surface area contributed by atoms with Crippen molar-refractivity contribution in [1.29, 1.82) is 0 Å². The molecule has 0 bridgehead atoms. The van der Waals surface area contributed by atoms with Gasteiger partial charge in [-0.2, -0.15) is 0 Å². The Balaban J connectivity index is 1.56. The maximum absolute atomic E-state index is 13.7. The Hall–Kier alpha value is -3.74. The molecule has 7 heteroatoms. The molecular weight excluding hydrogens is 373 g/mol. The molecule has 0 saturated carbocycles. The van der Waals surface area contributed by atoms with Crippen LogP contribution in [0.5, 0.6) is 0 Å². The molecule has 6 nitrogen and oxygen atoms in total. The monoisotopic (exact) mass is 393 g/mol. The zero-order valence-electron chi connectivity index (χ0n) is 15.8. The van der Waals surface area contributed by atoms with Gasteiger partial charge in [0.1, 0.15) is 5.82 Å². The lowest BCUT2D eigenvalue weighted by atomic mass is 10.0. The molecule has 0 aliphatic rings.